The van der Waals surface area contributed by atoms with E-state index in [1.54, 1.807) is 36.2 Å². The van der Waals surface area contributed by atoms with Crippen LogP contribution >= 0.6 is 0 Å². The summed E-state index contributed by atoms with van der Waals surface area (Å²) in [6.45, 7) is 0.884. The molecule has 202 valence electrons. The van der Waals surface area contributed by atoms with E-state index in [4.69, 9.17) is 15.6 Å². The van der Waals surface area contributed by atoms with E-state index in [9.17, 15) is 9.59 Å². The van der Waals surface area contributed by atoms with E-state index >= 15 is 0 Å². The second-order valence-electron chi connectivity index (χ2n) is 9.46. The standard InChI is InChI=1S/C32H35N3O4/c1-35(16-15-23-9-7-8-14-30(23)39-18-17-36)32(38)29(34-31(37)24-10-3-2-4-11-24)21-27-19-25-12-5-6-13-26(25)20-28(27)22-33/h2-14,19-20,29,36H,15-18,21-22,33H2,1H3,(H,34,37)/t29-/m1/s1. The minimum absolute atomic E-state index is 0.0743. The van der Waals surface area contributed by atoms with Gasteiger partial charge in [0.2, 0.25) is 5.91 Å². The molecule has 0 radical (unpaired) electrons. The monoisotopic (exact) mass is 525 g/mol. The Morgan fingerprint density at radius 2 is 1.54 bits per heavy atom. The average Bonchev–Trinajstić information content (AvgIpc) is 2.98. The zero-order valence-corrected chi connectivity index (χ0v) is 22.2. The molecular weight excluding hydrogens is 490 g/mol. The van der Waals surface area contributed by atoms with E-state index < -0.39 is 6.04 Å². The van der Waals surface area contributed by atoms with E-state index in [1.807, 2.05) is 54.6 Å². The van der Waals surface area contributed by atoms with Gasteiger partial charge in [-0.25, -0.2) is 0 Å². The Morgan fingerprint density at radius 1 is 0.897 bits per heavy atom. The smallest absolute Gasteiger partial charge is 0.251 e. The number of carbonyl (C=O) groups excluding carboxylic acids is 2. The Kier molecular flexibility index (Phi) is 9.67. The minimum Gasteiger partial charge on any atom is -0.491 e. The number of carbonyl (C=O) groups is 2. The lowest BCUT2D eigenvalue weighted by molar-refractivity contribution is -0.131. The minimum atomic E-state index is -0.782. The van der Waals surface area contributed by atoms with Gasteiger partial charge in [0.05, 0.1) is 6.61 Å². The summed E-state index contributed by atoms with van der Waals surface area (Å²) >= 11 is 0. The lowest BCUT2D eigenvalue weighted by Crippen LogP contribution is -2.49. The third kappa shape index (κ3) is 7.22. The highest BCUT2D eigenvalue weighted by atomic mass is 16.5. The Bertz CT molecular complexity index is 1410. The van der Waals surface area contributed by atoms with Crippen LogP contribution in [0.15, 0.2) is 91.0 Å². The van der Waals surface area contributed by atoms with Gasteiger partial charge < -0.3 is 25.8 Å². The van der Waals surface area contributed by atoms with Crippen LogP contribution in [-0.4, -0.2) is 54.7 Å². The average molecular weight is 526 g/mol. The molecule has 0 aliphatic carbocycles. The highest BCUT2D eigenvalue weighted by molar-refractivity contribution is 5.97. The maximum absolute atomic E-state index is 13.8. The molecule has 0 heterocycles. The van der Waals surface area contributed by atoms with Crippen molar-refractivity contribution in [3.63, 3.8) is 0 Å². The first-order valence-corrected chi connectivity index (χ1v) is 13.1. The van der Waals surface area contributed by atoms with Crippen molar-refractivity contribution in [1.82, 2.24) is 10.2 Å². The van der Waals surface area contributed by atoms with Crippen molar-refractivity contribution in [2.24, 2.45) is 5.73 Å². The molecule has 0 aromatic heterocycles. The van der Waals surface area contributed by atoms with Gasteiger partial charge in [-0.3, -0.25) is 9.59 Å². The molecule has 4 aromatic rings. The molecule has 7 heteroatoms. The van der Waals surface area contributed by atoms with Crippen molar-refractivity contribution in [1.29, 1.82) is 0 Å². The first-order valence-electron chi connectivity index (χ1n) is 13.1. The zero-order valence-electron chi connectivity index (χ0n) is 22.2. The number of amides is 2. The number of nitrogens with zero attached hydrogens (tertiary/aromatic N) is 1. The van der Waals surface area contributed by atoms with Gasteiger partial charge in [0, 0.05) is 32.1 Å². The van der Waals surface area contributed by atoms with Gasteiger partial charge in [-0.1, -0.05) is 66.7 Å². The van der Waals surface area contributed by atoms with Crippen molar-refractivity contribution in [3.05, 3.63) is 113 Å². The number of benzene rings is 4. The lowest BCUT2D eigenvalue weighted by Gasteiger charge is -2.26. The van der Waals surface area contributed by atoms with Gasteiger partial charge in [-0.15, -0.1) is 0 Å². The van der Waals surface area contributed by atoms with Crippen molar-refractivity contribution in [3.8, 4) is 5.75 Å². The molecule has 4 rings (SSSR count). The fourth-order valence-electron chi connectivity index (χ4n) is 4.64. The predicted octanol–water partition coefficient (Wildman–Crippen LogP) is 3.71. The molecule has 39 heavy (non-hydrogen) atoms. The molecule has 7 nitrogen and oxygen atoms in total. The van der Waals surface area contributed by atoms with Gasteiger partial charge in [-0.05, 0) is 58.1 Å². The molecule has 1 atom stereocenters. The second-order valence-corrected chi connectivity index (χ2v) is 9.46. The fourth-order valence-corrected chi connectivity index (χ4v) is 4.64. The summed E-state index contributed by atoms with van der Waals surface area (Å²) in [5, 5.41) is 14.2. The maximum Gasteiger partial charge on any atom is 0.251 e. The molecule has 0 aliphatic rings. The van der Waals surface area contributed by atoms with Crippen LogP contribution in [-0.2, 0) is 24.2 Å². The fraction of sp³-hybridized carbons (Fsp3) is 0.250. The Morgan fingerprint density at radius 3 is 2.23 bits per heavy atom. The third-order valence-corrected chi connectivity index (χ3v) is 6.77. The molecule has 0 saturated carbocycles. The quantitative estimate of drug-likeness (QED) is 0.262. The Hall–Kier alpha value is -4.20. The first-order chi connectivity index (χ1) is 19.0. The predicted molar refractivity (Wildman–Crippen MR) is 154 cm³/mol. The zero-order chi connectivity index (χ0) is 27.6. The number of nitrogens with one attached hydrogen (secondary N) is 1. The van der Waals surface area contributed by atoms with Crippen LogP contribution in [0, 0.1) is 0 Å². The number of fused-ring (bicyclic) bond motifs is 1. The van der Waals surface area contributed by atoms with Crippen LogP contribution in [0.2, 0.25) is 0 Å². The lowest BCUT2D eigenvalue weighted by atomic mass is 9.95. The molecule has 0 bridgehead atoms. The molecule has 0 saturated heterocycles. The van der Waals surface area contributed by atoms with Gasteiger partial charge in [0.15, 0.2) is 0 Å². The van der Waals surface area contributed by atoms with Gasteiger partial charge in [0.1, 0.15) is 18.4 Å². The number of hydrogen-bond acceptors (Lipinski definition) is 5. The van der Waals surface area contributed by atoms with Crippen LogP contribution in [0.4, 0.5) is 0 Å². The summed E-state index contributed by atoms with van der Waals surface area (Å²) < 4.78 is 5.65. The summed E-state index contributed by atoms with van der Waals surface area (Å²) in [6.07, 6.45) is 0.878. The van der Waals surface area contributed by atoms with Crippen molar-refractivity contribution in [2.45, 2.75) is 25.4 Å². The Labute approximate surface area is 229 Å². The van der Waals surface area contributed by atoms with Gasteiger partial charge >= 0.3 is 0 Å². The van der Waals surface area contributed by atoms with Crippen molar-refractivity contribution >= 4 is 22.6 Å². The molecule has 0 unspecified atom stereocenters. The molecule has 4 aromatic carbocycles. The van der Waals surface area contributed by atoms with E-state index in [2.05, 4.69) is 17.4 Å². The molecule has 4 N–H and O–H groups in total. The van der Waals surface area contributed by atoms with Crippen molar-refractivity contribution < 1.29 is 19.4 Å². The van der Waals surface area contributed by atoms with Crippen LogP contribution in [0.3, 0.4) is 0 Å². The Balaban J connectivity index is 1.56. The number of aliphatic hydroxyl groups excluding tert-OH is 1. The highest BCUT2D eigenvalue weighted by Gasteiger charge is 2.26. The number of para-hydroxylation sites is 1. The molecule has 0 aliphatic heterocycles. The number of ether oxygens (including phenoxy) is 1. The summed E-state index contributed by atoms with van der Waals surface area (Å²) in [5.74, 6) is 0.189. The topological polar surface area (TPSA) is 105 Å². The molecule has 2 amide bonds. The normalized spacial score (nSPS) is 11.7. The van der Waals surface area contributed by atoms with E-state index in [0.717, 1.165) is 27.5 Å². The molecule has 0 fully saturated rings. The summed E-state index contributed by atoms with van der Waals surface area (Å²) in [4.78, 5) is 28.5. The number of rotatable bonds is 12. The SMILES string of the molecule is CN(CCc1ccccc1OCCO)C(=O)[C@@H](Cc1cc2ccccc2cc1CN)NC(=O)c1ccccc1. The number of aliphatic hydroxyl groups is 1. The van der Waals surface area contributed by atoms with Crippen molar-refractivity contribution in [2.75, 3.05) is 26.8 Å². The maximum atomic E-state index is 13.8. The second kappa shape index (κ2) is 13.6. The largest absolute Gasteiger partial charge is 0.491 e. The van der Waals surface area contributed by atoms with E-state index in [-0.39, 0.29) is 25.0 Å². The van der Waals surface area contributed by atoms with Crippen LogP contribution < -0.4 is 15.8 Å². The van der Waals surface area contributed by atoms with Gasteiger partial charge in [0.25, 0.3) is 5.91 Å². The van der Waals surface area contributed by atoms with Crippen LogP contribution in [0.1, 0.15) is 27.0 Å². The summed E-state index contributed by atoms with van der Waals surface area (Å²) in [5.41, 5.74) is 9.40. The van der Waals surface area contributed by atoms with E-state index in [1.165, 1.54) is 0 Å². The number of hydrogen-bond donors (Lipinski definition) is 3. The molecular formula is C32H35N3O4. The number of nitrogens with two attached hydrogens (primary N) is 1. The van der Waals surface area contributed by atoms with E-state index in [0.29, 0.717) is 37.2 Å². The summed E-state index contributed by atoms with van der Waals surface area (Å²) in [6, 6.07) is 27.8. The number of likely N-dealkylation sites (N-methyl/N-ethyl adjacent to an activating group) is 1. The third-order valence-electron chi connectivity index (χ3n) is 6.77. The van der Waals surface area contributed by atoms with Gasteiger partial charge in [-0.2, -0.15) is 0 Å². The molecule has 0 spiro atoms. The summed E-state index contributed by atoms with van der Waals surface area (Å²) in [7, 11) is 1.74. The van der Waals surface area contributed by atoms with Crippen LogP contribution in [0.5, 0.6) is 5.75 Å². The first kappa shape index (κ1) is 27.8. The highest BCUT2D eigenvalue weighted by Crippen LogP contribution is 2.22. The van der Waals surface area contributed by atoms with Crippen LogP contribution in [0.25, 0.3) is 10.8 Å².